The van der Waals surface area contributed by atoms with Gasteiger partial charge in [-0.1, -0.05) is 0 Å². The summed E-state index contributed by atoms with van der Waals surface area (Å²) >= 11 is 0. The summed E-state index contributed by atoms with van der Waals surface area (Å²) in [5.74, 6) is -2.46. The molecule has 100 valence electrons. The third-order valence-electron chi connectivity index (χ3n) is 2.81. The lowest BCUT2D eigenvalue weighted by Crippen LogP contribution is -2.11. The number of hydrogen-bond acceptors (Lipinski definition) is 1. The summed E-state index contributed by atoms with van der Waals surface area (Å²) in [5, 5.41) is 9.11. The van der Waals surface area contributed by atoms with E-state index >= 15 is 0 Å². The Morgan fingerprint density at radius 1 is 1.16 bits per heavy atom. The van der Waals surface area contributed by atoms with Gasteiger partial charge in [-0.15, -0.1) is 0 Å². The Bertz CT molecular complexity index is 612. The normalized spacial score (nSPS) is 11.0. The quantitative estimate of drug-likeness (QED) is 0.919. The van der Waals surface area contributed by atoms with E-state index in [0.717, 1.165) is 6.07 Å². The SMILES string of the molecule is CC(C)n1c(C(=O)O)ccc1-c1cc(F)cc(F)c1. The Morgan fingerprint density at radius 2 is 1.74 bits per heavy atom. The van der Waals surface area contributed by atoms with Crippen LogP contribution < -0.4 is 0 Å². The van der Waals surface area contributed by atoms with E-state index in [1.54, 1.807) is 6.07 Å². The monoisotopic (exact) mass is 265 g/mol. The molecule has 0 aliphatic heterocycles. The standard InChI is InChI=1S/C14H13F2NO2/c1-8(2)17-12(3-4-13(17)14(18)19)9-5-10(15)7-11(16)6-9/h3-8H,1-2H3,(H,18,19). The Hall–Kier alpha value is -2.17. The van der Waals surface area contributed by atoms with E-state index < -0.39 is 17.6 Å². The number of nitrogens with zero attached hydrogens (tertiary/aromatic N) is 1. The van der Waals surface area contributed by atoms with Crippen LogP contribution in [0.3, 0.4) is 0 Å². The highest BCUT2D eigenvalue weighted by Gasteiger charge is 2.18. The van der Waals surface area contributed by atoms with Crippen molar-refractivity contribution >= 4 is 5.97 Å². The zero-order valence-electron chi connectivity index (χ0n) is 10.5. The minimum absolute atomic E-state index is 0.0923. The fraction of sp³-hybridized carbons (Fsp3) is 0.214. The number of aromatic nitrogens is 1. The van der Waals surface area contributed by atoms with Crippen molar-refractivity contribution in [3.8, 4) is 11.3 Å². The van der Waals surface area contributed by atoms with Gasteiger partial charge in [0, 0.05) is 23.4 Å². The van der Waals surface area contributed by atoms with E-state index in [1.807, 2.05) is 13.8 Å². The maximum Gasteiger partial charge on any atom is 0.352 e. The molecule has 1 heterocycles. The van der Waals surface area contributed by atoms with Gasteiger partial charge in [0.2, 0.25) is 0 Å². The van der Waals surface area contributed by atoms with Gasteiger partial charge in [-0.3, -0.25) is 0 Å². The van der Waals surface area contributed by atoms with Crippen molar-refractivity contribution in [1.29, 1.82) is 0 Å². The summed E-state index contributed by atoms with van der Waals surface area (Å²) in [4.78, 5) is 11.1. The fourth-order valence-electron chi connectivity index (χ4n) is 2.12. The molecule has 0 unspecified atom stereocenters. The summed E-state index contributed by atoms with van der Waals surface area (Å²) < 4.78 is 28.0. The smallest absolute Gasteiger partial charge is 0.352 e. The van der Waals surface area contributed by atoms with Gasteiger partial charge in [-0.2, -0.15) is 0 Å². The number of carboxylic acids is 1. The Balaban J connectivity index is 2.65. The van der Waals surface area contributed by atoms with Crippen molar-refractivity contribution in [3.63, 3.8) is 0 Å². The van der Waals surface area contributed by atoms with Crippen molar-refractivity contribution in [3.05, 3.63) is 47.7 Å². The molecule has 0 aliphatic carbocycles. The molecular weight excluding hydrogens is 252 g/mol. The van der Waals surface area contributed by atoms with E-state index in [2.05, 4.69) is 0 Å². The fourth-order valence-corrected chi connectivity index (χ4v) is 2.12. The molecule has 1 N–H and O–H groups in total. The van der Waals surface area contributed by atoms with Gasteiger partial charge in [0.1, 0.15) is 17.3 Å². The summed E-state index contributed by atoms with van der Waals surface area (Å²) in [5.41, 5.74) is 0.888. The lowest BCUT2D eigenvalue weighted by molar-refractivity contribution is 0.0683. The molecule has 1 aromatic carbocycles. The number of halogens is 2. The summed E-state index contributed by atoms with van der Waals surface area (Å²) in [7, 11) is 0. The molecule has 0 saturated carbocycles. The van der Waals surface area contributed by atoms with E-state index in [4.69, 9.17) is 5.11 Å². The van der Waals surface area contributed by atoms with Crippen LogP contribution in [0.2, 0.25) is 0 Å². The van der Waals surface area contributed by atoms with E-state index in [0.29, 0.717) is 11.3 Å². The molecule has 1 aromatic heterocycles. The van der Waals surface area contributed by atoms with Crippen molar-refractivity contribution in [2.75, 3.05) is 0 Å². The third kappa shape index (κ3) is 2.50. The summed E-state index contributed by atoms with van der Waals surface area (Å²) in [6.07, 6.45) is 0. The highest BCUT2D eigenvalue weighted by atomic mass is 19.1. The number of hydrogen-bond donors (Lipinski definition) is 1. The predicted molar refractivity (Wildman–Crippen MR) is 67.1 cm³/mol. The van der Waals surface area contributed by atoms with Crippen LogP contribution in [0.1, 0.15) is 30.4 Å². The van der Waals surface area contributed by atoms with Gasteiger partial charge >= 0.3 is 5.97 Å². The first kappa shape index (κ1) is 13.3. The maximum absolute atomic E-state index is 13.2. The first-order valence-electron chi connectivity index (χ1n) is 5.81. The number of rotatable bonds is 3. The van der Waals surface area contributed by atoms with E-state index in [9.17, 15) is 13.6 Å². The second kappa shape index (κ2) is 4.84. The second-order valence-electron chi connectivity index (χ2n) is 4.53. The van der Waals surface area contributed by atoms with Crippen LogP contribution in [-0.2, 0) is 0 Å². The first-order valence-corrected chi connectivity index (χ1v) is 5.81. The van der Waals surface area contributed by atoms with Gasteiger partial charge in [-0.05, 0) is 38.1 Å². The largest absolute Gasteiger partial charge is 0.477 e. The molecule has 0 amide bonds. The molecular formula is C14H13F2NO2. The number of carbonyl (C=O) groups is 1. The van der Waals surface area contributed by atoms with E-state index in [-0.39, 0.29) is 11.7 Å². The lowest BCUT2D eigenvalue weighted by Gasteiger charge is -2.15. The molecule has 0 aliphatic rings. The second-order valence-corrected chi connectivity index (χ2v) is 4.53. The maximum atomic E-state index is 13.2. The predicted octanol–water partition coefficient (Wildman–Crippen LogP) is 3.71. The molecule has 3 nitrogen and oxygen atoms in total. The lowest BCUT2D eigenvalue weighted by atomic mass is 10.1. The minimum atomic E-state index is -1.07. The Labute approximate surface area is 109 Å². The highest BCUT2D eigenvalue weighted by molar-refractivity contribution is 5.87. The highest BCUT2D eigenvalue weighted by Crippen LogP contribution is 2.27. The van der Waals surface area contributed by atoms with Crippen LogP contribution in [0, 0.1) is 11.6 Å². The van der Waals surface area contributed by atoms with Crippen LogP contribution in [-0.4, -0.2) is 15.6 Å². The van der Waals surface area contributed by atoms with Gasteiger partial charge in [0.05, 0.1) is 0 Å². The molecule has 2 rings (SSSR count). The minimum Gasteiger partial charge on any atom is -0.477 e. The van der Waals surface area contributed by atoms with Crippen molar-refractivity contribution < 1.29 is 18.7 Å². The molecule has 0 bridgehead atoms. The Morgan fingerprint density at radius 3 is 2.21 bits per heavy atom. The van der Waals surface area contributed by atoms with Gasteiger partial charge in [0.15, 0.2) is 0 Å². The average molecular weight is 265 g/mol. The van der Waals surface area contributed by atoms with Gasteiger partial charge in [0.25, 0.3) is 0 Å². The number of carboxylic acid groups (broad SMARTS) is 1. The third-order valence-corrected chi connectivity index (χ3v) is 2.81. The summed E-state index contributed by atoms with van der Waals surface area (Å²) in [6.45, 7) is 3.62. The van der Waals surface area contributed by atoms with Gasteiger partial charge in [-0.25, -0.2) is 13.6 Å². The number of aromatic carboxylic acids is 1. The molecule has 2 aromatic rings. The first-order chi connectivity index (χ1) is 8.90. The molecule has 0 atom stereocenters. The van der Waals surface area contributed by atoms with Crippen molar-refractivity contribution in [1.82, 2.24) is 4.57 Å². The van der Waals surface area contributed by atoms with Crippen LogP contribution >= 0.6 is 0 Å². The van der Waals surface area contributed by atoms with Crippen LogP contribution in [0.25, 0.3) is 11.3 Å². The van der Waals surface area contributed by atoms with Crippen LogP contribution in [0.5, 0.6) is 0 Å². The van der Waals surface area contributed by atoms with Crippen molar-refractivity contribution in [2.45, 2.75) is 19.9 Å². The topological polar surface area (TPSA) is 42.2 Å². The summed E-state index contributed by atoms with van der Waals surface area (Å²) in [6, 6.07) is 6.00. The van der Waals surface area contributed by atoms with Crippen LogP contribution in [0.4, 0.5) is 8.78 Å². The van der Waals surface area contributed by atoms with Crippen LogP contribution in [0.15, 0.2) is 30.3 Å². The van der Waals surface area contributed by atoms with Gasteiger partial charge < -0.3 is 9.67 Å². The molecule has 5 heteroatoms. The number of benzene rings is 1. The zero-order chi connectivity index (χ0) is 14.2. The molecule has 0 radical (unpaired) electrons. The zero-order valence-corrected chi connectivity index (χ0v) is 10.5. The van der Waals surface area contributed by atoms with Crippen molar-refractivity contribution in [2.24, 2.45) is 0 Å². The molecule has 0 spiro atoms. The average Bonchev–Trinajstić information content (AvgIpc) is 2.71. The Kier molecular flexibility index (Phi) is 3.38. The molecule has 19 heavy (non-hydrogen) atoms. The van der Waals surface area contributed by atoms with E-state index in [1.165, 1.54) is 22.8 Å². The molecule has 0 saturated heterocycles. The molecule has 0 fully saturated rings.